The van der Waals surface area contributed by atoms with Gasteiger partial charge in [0.2, 0.25) is 5.91 Å². The Hall–Kier alpha value is -1.06. The molecule has 4 heteroatoms. The summed E-state index contributed by atoms with van der Waals surface area (Å²) in [6.07, 6.45) is 5.15. The highest BCUT2D eigenvalue weighted by Crippen LogP contribution is 2.27. The molecule has 0 bridgehead atoms. The van der Waals surface area contributed by atoms with Gasteiger partial charge in [0.05, 0.1) is 0 Å². The summed E-state index contributed by atoms with van der Waals surface area (Å²) >= 11 is 0. The van der Waals surface area contributed by atoms with Crippen molar-refractivity contribution in [1.29, 1.82) is 0 Å². The fourth-order valence-corrected chi connectivity index (χ4v) is 2.30. The maximum Gasteiger partial charge on any atom is 0.303 e. The molecule has 0 aliphatic heterocycles. The van der Waals surface area contributed by atoms with E-state index in [4.69, 9.17) is 5.11 Å². The van der Waals surface area contributed by atoms with Gasteiger partial charge in [0, 0.05) is 19.4 Å². The Balaban J connectivity index is 2.28. The predicted molar refractivity (Wildman–Crippen MR) is 56.4 cm³/mol. The Morgan fingerprint density at radius 3 is 2.73 bits per heavy atom. The fraction of sp³-hybridized carbons (Fsp3) is 0.818. The number of carboxylic acid groups (broad SMARTS) is 1. The molecule has 0 radical (unpaired) electrons. The van der Waals surface area contributed by atoms with Gasteiger partial charge in [-0.1, -0.05) is 12.8 Å². The van der Waals surface area contributed by atoms with Crippen molar-refractivity contribution in [2.45, 2.75) is 51.5 Å². The molecule has 0 aromatic rings. The molecule has 15 heavy (non-hydrogen) atoms. The minimum absolute atomic E-state index is 0.0129. The molecule has 1 rings (SSSR count). The van der Waals surface area contributed by atoms with Crippen molar-refractivity contribution in [3.63, 3.8) is 0 Å². The van der Waals surface area contributed by atoms with E-state index in [1.54, 1.807) is 0 Å². The maximum absolute atomic E-state index is 10.9. The molecule has 1 amide bonds. The van der Waals surface area contributed by atoms with Gasteiger partial charge in [0.1, 0.15) is 0 Å². The van der Waals surface area contributed by atoms with Crippen molar-refractivity contribution in [3.05, 3.63) is 0 Å². The van der Waals surface area contributed by atoms with Crippen LogP contribution in [0.2, 0.25) is 0 Å². The smallest absolute Gasteiger partial charge is 0.303 e. The van der Waals surface area contributed by atoms with Gasteiger partial charge in [0.15, 0.2) is 0 Å². The largest absolute Gasteiger partial charge is 0.481 e. The lowest BCUT2D eigenvalue weighted by Gasteiger charge is -2.29. The second-order valence-corrected chi connectivity index (χ2v) is 4.36. The van der Waals surface area contributed by atoms with Crippen LogP contribution in [0.25, 0.3) is 0 Å². The average Bonchev–Trinajstić information content (AvgIpc) is 2.14. The topological polar surface area (TPSA) is 66.4 Å². The van der Waals surface area contributed by atoms with E-state index >= 15 is 0 Å². The molecule has 0 aromatic heterocycles. The standard InChI is InChI=1S/C11H19NO3/c1-8(13)12-10-4-2-3-9(7-10)5-6-11(14)15/h9-10H,2-7H2,1H3,(H,12,13)(H,14,15). The molecule has 2 unspecified atom stereocenters. The van der Waals surface area contributed by atoms with Crippen LogP contribution in [0.3, 0.4) is 0 Å². The van der Waals surface area contributed by atoms with Crippen LogP contribution in [0.15, 0.2) is 0 Å². The molecule has 0 spiro atoms. The normalized spacial score (nSPS) is 25.9. The first kappa shape index (κ1) is 12.0. The molecule has 2 N–H and O–H groups in total. The number of hydrogen-bond donors (Lipinski definition) is 2. The Kier molecular flexibility index (Phi) is 4.59. The highest BCUT2D eigenvalue weighted by atomic mass is 16.4. The number of hydrogen-bond acceptors (Lipinski definition) is 2. The fourth-order valence-electron chi connectivity index (χ4n) is 2.30. The molecule has 0 aromatic carbocycles. The summed E-state index contributed by atoms with van der Waals surface area (Å²) in [5.74, 6) is -0.248. The highest BCUT2D eigenvalue weighted by molar-refractivity contribution is 5.73. The van der Waals surface area contributed by atoms with Crippen molar-refractivity contribution in [1.82, 2.24) is 5.32 Å². The monoisotopic (exact) mass is 213 g/mol. The quantitative estimate of drug-likeness (QED) is 0.744. The summed E-state index contributed by atoms with van der Waals surface area (Å²) < 4.78 is 0. The number of carbonyl (C=O) groups excluding carboxylic acids is 1. The van der Waals surface area contributed by atoms with E-state index in [2.05, 4.69) is 5.32 Å². The van der Waals surface area contributed by atoms with Crippen LogP contribution in [-0.2, 0) is 9.59 Å². The summed E-state index contributed by atoms with van der Waals surface area (Å²) in [6.45, 7) is 1.53. The molecule has 4 nitrogen and oxygen atoms in total. The van der Waals surface area contributed by atoms with Crippen molar-refractivity contribution in [2.75, 3.05) is 0 Å². The third kappa shape index (κ3) is 4.81. The SMILES string of the molecule is CC(=O)NC1CCCC(CCC(=O)O)C1. The van der Waals surface area contributed by atoms with Gasteiger partial charge in [-0.15, -0.1) is 0 Å². The van der Waals surface area contributed by atoms with Crippen LogP contribution >= 0.6 is 0 Å². The van der Waals surface area contributed by atoms with Crippen molar-refractivity contribution in [2.24, 2.45) is 5.92 Å². The lowest BCUT2D eigenvalue weighted by Crippen LogP contribution is -2.37. The van der Waals surface area contributed by atoms with E-state index in [9.17, 15) is 9.59 Å². The van der Waals surface area contributed by atoms with Crippen LogP contribution in [-0.4, -0.2) is 23.0 Å². The first-order valence-electron chi connectivity index (χ1n) is 5.57. The molecule has 1 aliphatic rings. The number of aliphatic carboxylic acids is 1. The summed E-state index contributed by atoms with van der Waals surface area (Å²) in [6, 6.07) is 0.259. The minimum Gasteiger partial charge on any atom is -0.481 e. The molecule has 86 valence electrons. The third-order valence-corrected chi connectivity index (χ3v) is 2.96. The number of nitrogens with one attached hydrogen (secondary N) is 1. The lowest BCUT2D eigenvalue weighted by molar-refractivity contribution is -0.137. The van der Waals surface area contributed by atoms with Gasteiger partial charge in [-0.05, 0) is 25.2 Å². The first-order chi connectivity index (χ1) is 7.08. The summed E-state index contributed by atoms with van der Waals surface area (Å²) in [5.41, 5.74) is 0. The van der Waals surface area contributed by atoms with Crippen LogP contribution in [0, 0.1) is 5.92 Å². The first-order valence-corrected chi connectivity index (χ1v) is 5.57. The van der Waals surface area contributed by atoms with Gasteiger partial charge in [-0.25, -0.2) is 0 Å². The molecular weight excluding hydrogens is 194 g/mol. The van der Waals surface area contributed by atoms with Crippen molar-refractivity contribution >= 4 is 11.9 Å². The Morgan fingerprint density at radius 2 is 2.13 bits per heavy atom. The number of carboxylic acids is 1. The van der Waals surface area contributed by atoms with Gasteiger partial charge in [-0.3, -0.25) is 9.59 Å². The molecule has 0 saturated heterocycles. The van der Waals surface area contributed by atoms with Crippen LogP contribution in [0.1, 0.15) is 45.4 Å². The van der Waals surface area contributed by atoms with E-state index in [1.807, 2.05) is 0 Å². The second kappa shape index (κ2) is 5.73. The second-order valence-electron chi connectivity index (χ2n) is 4.36. The van der Waals surface area contributed by atoms with Gasteiger partial charge < -0.3 is 10.4 Å². The molecule has 1 fully saturated rings. The molecule has 2 atom stereocenters. The number of amides is 1. The predicted octanol–water partition coefficient (Wildman–Crippen LogP) is 1.55. The minimum atomic E-state index is -0.725. The summed E-state index contributed by atoms with van der Waals surface area (Å²) in [5, 5.41) is 11.5. The molecule has 1 saturated carbocycles. The van der Waals surface area contributed by atoms with E-state index in [1.165, 1.54) is 6.92 Å². The summed E-state index contributed by atoms with van der Waals surface area (Å²) in [7, 11) is 0. The highest BCUT2D eigenvalue weighted by Gasteiger charge is 2.22. The lowest BCUT2D eigenvalue weighted by atomic mass is 9.83. The Morgan fingerprint density at radius 1 is 1.40 bits per heavy atom. The van der Waals surface area contributed by atoms with E-state index in [0.29, 0.717) is 5.92 Å². The number of rotatable bonds is 4. The van der Waals surface area contributed by atoms with Gasteiger partial charge in [-0.2, -0.15) is 0 Å². The zero-order valence-corrected chi connectivity index (χ0v) is 9.16. The Bertz CT molecular complexity index is 240. The third-order valence-electron chi connectivity index (χ3n) is 2.96. The number of carbonyl (C=O) groups is 2. The van der Waals surface area contributed by atoms with Crippen molar-refractivity contribution in [3.8, 4) is 0 Å². The summed E-state index contributed by atoms with van der Waals surface area (Å²) in [4.78, 5) is 21.3. The van der Waals surface area contributed by atoms with Crippen molar-refractivity contribution < 1.29 is 14.7 Å². The average molecular weight is 213 g/mol. The van der Waals surface area contributed by atoms with Crippen LogP contribution in [0.4, 0.5) is 0 Å². The van der Waals surface area contributed by atoms with E-state index in [0.717, 1.165) is 32.1 Å². The van der Waals surface area contributed by atoms with Crippen LogP contribution in [0.5, 0.6) is 0 Å². The van der Waals surface area contributed by atoms with E-state index < -0.39 is 5.97 Å². The zero-order chi connectivity index (χ0) is 11.3. The van der Waals surface area contributed by atoms with E-state index in [-0.39, 0.29) is 18.4 Å². The van der Waals surface area contributed by atoms with Gasteiger partial charge >= 0.3 is 5.97 Å². The van der Waals surface area contributed by atoms with Crippen LogP contribution < -0.4 is 5.32 Å². The zero-order valence-electron chi connectivity index (χ0n) is 9.16. The van der Waals surface area contributed by atoms with Gasteiger partial charge in [0.25, 0.3) is 0 Å². The molecule has 0 heterocycles. The Labute approximate surface area is 90.0 Å². The maximum atomic E-state index is 10.9. The molecule has 1 aliphatic carbocycles. The molecular formula is C11H19NO3.